The second-order valence-electron chi connectivity index (χ2n) is 5.65. The van der Waals surface area contributed by atoms with Gasteiger partial charge in [-0.3, -0.25) is 4.79 Å². The normalized spacial score (nSPS) is 15.0. The van der Waals surface area contributed by atoms with Crippen LogP contribution in [-0.2, 0) is 27.8 Å². The van der Waals surface area contributed by atoms with E-state index in [1.807, 2.05) is 30.0 Å². The van der Waals surface area contributed by atoms with Gasteiger partial charge in [-0.1, -0.05) is 26.0 Å². The van der Waals surface area contributed by atoms with Gasteiger partial charge in [0.1, 0.15) is 0 Å². The number of amides is 1. The molecule has 1 amide bonds. The van der Waals surface area contributed by atoms with E-state index in [9.17, 15) is 13.2 Å². The van der Waals surface area contributed by atoms with Crippen molar-refractivity contribution in [3.8, 4) is 0 Å². The van der Waals surface area contributed by atoms with Crippen molar-refractivity contribution in [1.82, 2.24) is 4.72 Å². The van der Waals surface area contributed by atoms with Gasteiger partial charge in [0.25, 0.3) is 0 Å². The van der Waals surface area contributed by atoms with Crippen LogP contribution in [0.2, 0.25) is 0 Å². The van der Waals surface area contributed by atoms with Crippen LogP contribution in [0.4, 0.5) is 5.69 Å². The summed E-state index contributed by atoms with van der Waals surface area (Å²) in [5, 5.41) is 0. The number of hydrogen-bond donors (Lipinski definition) is 1. The number of anilines is 1. The van der Waals surface area contributed by atoms with E-state index in [0.717, 1.165) is 36.2 Å². The Labute approximate surface area is 132 Å². The Morgan fingerprint density at radius 1 is 1.18 bits per heavy atom. The van der Waals surface area contributed by atoms with Gasteiger partial charge in [0, 0.05) is 25.2 Å². The Kier molecular flexibility index (Phi) is 5.58. The molecule has 0 fully saturated rings. The molecule has 0 radical (unpaired) electrons. The molecule has 0 saturated heterocycles. The number of fused-ring (bicyclic) bond motifs is 1. The number of nitrogens with zero attached hydrogens (tertiary/aromatic N) is 1. The number of rotatable bonds is 7. The molecule has 0 saturated carbocycles. The van der Waals surface area contributed by atoms with E-state index in [-0.39, 0.29) is 11.7 Å². The van der Waals surface area contributed by atoms with E-state index in [1.165, 1.54) is 0 Å². The quantitative estimate of drug-likeness (QED) is 0.836. The molecule has 122 valence electrons. The van der Waals surface area contributed by atoms with Gasteiger partial charge in [0.15, 0.2) is 0 Å². The molecule has 0 atom stereocenters. The zero-order valence-electron chi connectivity index (χ0n) is 13.3. The Bertz CT molecular complexity index is 641. The number of sulfonamides is 1. The Balaban J connectivity index is 2.13. The summed E-state index contributed by atoms with van der Waals surface area (Å²) in [4.78, 5) is 13.8. The Morgan fingerprint density at radius 2 is 1.95 bits per heavy atom. The molecular weight excluding hydrogens is 300 g/mol. The highest BCUT2D eigenvalue weighted by molar-refractivity contribution is 7.89. The van der Waals surface area contributed by atoms with Gasteiger partial charge in [0.2, 0.25) is 15.9 Å². The number of nitrogens with one attached hydrogen (secondary N) is 1. The van der Waals surface area contributed by atoms with Crippen molar-refractivity contribution in [2.75, 3.05) is 17.2 Å². The van der Waals surface area contributed by atoms with Gasteiger partial charge in [-0.15, -0.1) is 0 Å². The summed E-state index contributed by atoms with van der Waals surface area (Å²) >= 11 is 0. The molecule has 0 aromatic heterocycles. The van der Waals surface area contributed by atoms with Crippen LogP contribution in [0.25, 0.3) is 0 Å². The summed E-state index contributed by atoms with van der Waals surface area (Å²) in [5.74, 6) is 0.322. The molecule has 0 spiro atoms. The molecule has 22 heavy (non-hydrogen) atoms. The second-order valence-corrected chi connectivity index (χ2v) is 7.57. The SMILES string of the molecule is CCCN1C(=O)CCc2cc(CNS(=O)(=O)CCC)ccc21. The first kappa shape index (κ1) is 17.0. The molecule has 1 N–H and O–H groups in total. The molecule has 0 bridgehead atoms. The Hall–Kier alpha value is -1.40. The predicted octanol–water partition coefficient (Wildman–Crippen LogP) is 2.21. The molecule has 5 nitrogen and oxygen atoms in total. The molecule has 2 rings (SSSR count). The first-order chi connectivity index (χ1) is 10.5. The molecule has 1 aromatic carbocycles. The highest BCUT2D eigenvalue weighted by Gasteiger charge is 2.23. The summed E-state index contributed by atoms with van der Waals surface area (Å²) in [6.07, 6.45) is 2.78. The largest absolute Gasteiger partial charge is 0.312 e. The maximum atomic E-state index is 12.0. The molecular formula is C16H24N2O3S. The minimum atomic E-state index is -3.19. The van der Waals surface area contributed by atoms with Crippen molar-refractivity contribution in [3.63, 3.8) is 0 Å². The second kappa shape index (κ2) is 7.24. The first-order valence-corrected chi connectivity index (χ1v) is 9.51. The lowest BCUT2D eigenvalue weighted by Crippen LogP contribution is -2.35. The fourth-order valence-electron chi connectivity index (χ4n) is 2.73. The molecule has 6 heteroatoms. The van der Waals surface area contributed by atoms with Crippen LogP contribution in [0.3, 0.4) is 0 Å². The fourth-order valence-corrected chi connectivity index (χ4v) is 3.79. The third-order valence-corrected chi connectivity index (χ3v) is 5.29. The van der Waals surface area contributed by atoms with E-state index in [1.54, 1.807) is 0 Å². The third-order valence-electron chi connectivity index (χ3n) is 3.76. The lowest BCUT2D eigenvalue weighted by Gasteiger charge is -2.29. The van der Waals surface area contributed by atoms with E-state index < -0.39 is 10.0 Å². The van der Waals surface area contributed by atoms with Crippen LogP contribution in [0.5, 0.6) is 0 Å². The standard InChI is InChI=1S/C16H24N2O3S/c1-3-9-18-15-7-5-13(11-14(15)6-8-16(18)19)12-17-22(20,21)10-4-2/h5,7,11,17H,3-4,6,8-10,12H2,1-2H3. The van der Waals surface area contributed by atoms with Crippen molar-refractivity contribution < 1.29 is 13.2 Å². The van der Waals surface area contributed by atoms with Gasteiger partial charge < -0.3 is 4.90 Å². The summed E-state index contributed by atoms with van der Waals surface area (Å²) in [7, 11) is -3.19. The molecule has 0 unspecified atom stereocenters. The minimum Gasteiger partial charge on any atom is -0.312 e. The van der Waals surface area contributed by atoms with E-state index in [2.05, 4.69) is 11.6 Å². The van der Waals surface area contributed by atoms with Gasteiger partial charge in [-0.05, 0) is 36.5 Å². The lowest BCUT2D eigenvalue weighted by atomic mass is 9.98. The van der Waals surface area contributed by atoms with Crippen LogP contribution in [0.15, 0.2) is 18.2 Å². The zero-order valence-corrected chi connectivity index (χ0v) is 14.1. The molecule has 0 aliphatic carbocycles. The zero-order chi connectivity index (χ0) is 16.2. The van der Waals surface area contributed by atoms with Crippen molar-refractivity contribution in [2.24, 2.45) is 0 Å². The van der Waals surface area contributed by atoms with Crippen molar-refractivity contribution >= 4 is 21.6 Å². The third kappa shape index (κ3) is 4.08. The van der Waals surface area contributed by atoms with Gasteiger partial charge in [0.05, 0.1) is 5.75 Å². The summed E-state index contributed by atoms with van der Waals surface area (Å²) in [6, 6.07) is 5.85. The van der Waals surface area contributed by atoms with Crippen LogP contribution in [-0.4, -0.2) is 26.6 Å². The molecule has 1 aliphatic rings. The number of aryl methyl sites for hydroxylation is 1. The van der Waals surface area contributed by atoms with Crippen molar-refractivity contribution in [3.05, 3.63) is 29.3 Å². The number of carbonyl (C=O) groups is 1. The van der Waals surface area contributed by atoms with E-state index in [4.69, 9.17) is 0 Å². The minimum absolute atomic E-state index is 0.150. The number of benzene rings is 1. The van der Waals surface area contributed by atoms with E-state index in [0.29, 0.717) is 19.4 Å². The monoisotopic (exact) mass is 324 g/mol. The molecule has 1 aliphatic heterocycles. The molecule has 1 aromatic rings. The average Bonchev–Trinajstić information content (AvgIpc) is 2.48. The Morgan fingerprint density at radius 3 is 2.64 bits per heavy atom. The highest BCUT2D eigenvalue weighted by atomic mass is 32.2. The number of hydrogen-bond acceptors (Lipinski definition) is 3. The van der Waals surface area contributed by atoms with Gasteiger partial charge >= 0.3 is 0 Å². The lowest BCUT2D eigenvalue weighted by molar-refractivity contribution is -0.118. The highest BCUT2D eigenvalue weighted by Crippen LogP contribution is 2.29. The predicted molar refractivity (Wildman–Crippen MR) is 88.3 cm³/mol. The van der Waals surface area contributed by atoms with E-state index >= 15 is 0 Å². The number of carbonyl (C=O) groups excluding carboxylic acids is 1. The van der Waals surface area contributed by atoms with Crippen LogP contribution >= 0.6 is 0 Å². The van der Waals surface area contributed by atoms with Crippen LogP contribution < -0.4 is 9.62 Å². The maximum Gasteiger partial charge on any atom is 0.227 e. The van der Waals surface area contributed by atoms with Crippen molar-refractivity contribution in [1.29, 1.82) is 0 Å². The van der Waals surface area contributed by atoms with Gasteiger partial charge in [-0.2, -0.15) is 0 Å². The van der Waals surface area contributed by atoms with Gasteiger partial charge in [-0.25, -0.2) is 13.1 Å². The van der Waals surface area contributed by atoms with Crippen LogP contribution in [0, 0.1) is 0 Å². The first-order valence-electron chi connectivity index (χ1n) is 7.86. The summed E-state index contributed by atoms with van der Waals surface area (Å²) < 4.78 is 26.0. The topological polar surface area (TPSA) is 66.5 Å². The van der Waals surface area contributed by atoms with Crippen molar-refractivity contribution in [2.45, 2.75) is 46.1 Å². The fraction of sp³-hybridized carbons (Fsp3) is 0.562. The smallest absolute Gasteiger partial charge is 0.227 e. The van der Waals surface area contributed by atoms with Crippen LogP contribution in [0.1, 0.15) is 44.2 Å². The summed E-state index contributed by atoms with van der Waals surface area (Å²) in [5.41, 5.74) is 3.03. The summed E-state index contributed by atoms with van der Waals surface area (Å²) in [6.45, 7) is 4.93. The average molecular weight is 324 g/mol. The molecule has 1 heterocycles. The maximum absolute atomic E-state index is 12.0.